The lowest BCUT2D eigenvalue weighted by atomic mass is 9.93. The average Bonchev–Trinajstić information content (AvgIpc) is 2.73. The van der Waals surface area contributed by atoms with Gasteiger partial charge in [-0.3, -0.25) is 4.79 Å². The lowest BCUT2D eigenvalue weighted by Gasteiger charge is -2.26. The molecule has 9 heteroatoms. The number of carboxylic acid groups (broad SMARTS) is 1. The molecule has 0 radical (unpaired) electrons. The molecule has 0 aliphatic carbocycles. The molecule has 3 N–H and O–H groups in total. The second-order valence-corrected chi connectivity index (χ2v) is 5.94. The first-order chi connectivity index (χ1) is 13.9. The van der Waals surface area contributed by atoms with E-state index in [4.69, 9.17) is 24.1 Å². The molecule has 2 rings (SSSR count). The van der Waals surface area contributed by atoms with Gasteiger partial charge in [0.2, 0.25) is 0 Å². The lowest BCUT2D eigenvalue weighted by molar-refractivity contribution is -0.145. The van der Waals surface area contributed by atoms with Gasteiger partial charge in [0, 0.05) is 0 Å². The van der Waals surface area contributed by atoms with Crippen LogP contribution in [0.2, 0.25) is 0 Å². The molecule has 2 atom stereocenters. The van der Waals surface area contributed by atoms with Crippen molar-refractivity contribution in [2.45, 2.75) is 12.0 Å². The number of aromatic carboxylic acids is 1. The van der Waals surface area contributed by atoms with Gasteiger partial charge in [0.05, 0.1) is 33.5 Å². The van der Waals surface area contributed by atoms with Crippen LogP contribution in [0.15, 0.2) is 36.4 Å². The molecule has 0 bridgehead atoms. The van der Waals surface area contributed by atoms with E-state index in [1.54, 1.807) is 0 Å². The summed E-state index contributed by atoms with van der Waals surface area (Å²) in [4.78, 5) is 23.6. The Morgan fingerprint density at radius 3 is 2.21 bits per heavy atom. The number of methoxy groups -OCH3 is 3. The molecule has 9 nitrogen and oxygen atoms in total. The van der Waals surface area contributed by atoms with E-state index in [1.807, 2.05) is 0 Å². The topological polar surface area (TPSA) is 132 Å². The van der Waals surface area contributed by atoms with Crippen molar-refractivity contribution in [1.82, 2.24) is 0 Å². The third kappa shape index (κ3) is 4.88. The third-order valence-corrected chi connectivity index (χ3v) is 4.26. The highest BCUT2D eigenvalue weighted by Gasteiger charge is 2.34. The Morgan fingerprint density at radius 1 is 0.966 bits per heavy atom. The fourth-order valence-corrected chi connectivity index (χ4v) is 2.79. The van der Waals surface area contributed by atoms with E-state index in [1.165, 1.54) is 57.7 Å². The van der Waals surface area contributed by atoms with E-state index in [2.05, 4.69) is 0 Å². The van der Waals surface area contributed by atoms with E-state index in [0.29, 0.717) is 5.56 Å². The number of carbonyl (C=O) groups is 2. The van der Waals surface area contributed by atoms with Crippen molar-refractivity contribution in [3.63, 3.8) is 0 Å². The van der Waals surface area contributed by atoms with Crippen molar-refractivity contribution < 1.29 is 43.9 Å². The second-order valence-electron chi connectivity index (χ2n) is 5.94. The van der Waals surface area contributed by atoms with Crippen LogP contribution >= 0.6 is 0 Å². The Hall–Kier alpha value is -3.46. The number of aliphatic hydroxyl groups excluding tert-OH is 1. The highest BCUT2D eigenvalue weighted by Crippen LogP contribution is 2.35. The number of benzene rings is 2. The predicted octanol–water partition coefficient (Wildman–Crippen LogP) is 1.80. The minimum atomic E-state index is -1.14. The van der Waals surface area contributed by atoms with Crippen LogP contribution in [0, 0.1) is 0 Å². The van der Waals surface area contributed by atoms with Crippen LogP contribution < -0.4 is 14.2 Å². The fourth-order valence-electron chi connectivity index (χ4n) is 2.79. The molecule has 2 aromatic carbocycles. The van der Waals surface area contributed by atoms with E-state index < -0.39 is 30.6 Å². The van der Waals surface area contributed by atoms with Crippen molar-refractivity contribution in [2.75, 3.05) is 27.9 Å². The molecule has 2 unspecified atom stereocenters. The summed E-state index contributed by atoms with van der Waals surface area (Å²) in [7, 11) is 3.90. The molecule has 0 fully saturated rings. The van der Waals surface area contributed by atoms with Crippen LogP contribution in [0.3, 0.4) is 0 Å². The second kappa shape index (κ2) is 9.65. The number of rotatable bonds is 9. The number of aromatic hydroxyl groups is 1. The van der Waals surface area contributed by atoms with Gasteiger partial charge in [-0.15, -0.1) is 0 Å². The van der Waals surface area contributed by atoms with E-state index in [-0.39, 0.29) is 28.6 Å². The number of hydrogen-bond acceptors (Lipinski definition) is 8. The Bertz CT molecular complexity index is 878. The van der Waals surface area contributed by atoms with Crippen LogP contribution in [0.5, 0.6) is 23.0 Å². The van der Waals surface area contributed by atoms with Gasteiger partial charge in [0.25, 0.3) is 0 Å². The molecule has 29 heavy (non-hydrogen) atoms. The number of ether oxygens (including phenoxy) is 4. The largest absolute Gasteiger partial charge is 0.504 e. The summed E-state index contributed by atoms with van der Waals surface area (Å²) in [6.45, 7) is -0.563. The molecular formula is C20H22O9. The first-order valence-electron chi connectivity index (χ1n) is 8.49. The van der Waals surface area contributed by atoms with Gasteiger partial charge in [-0.2, -0.15) is 0 Å². The van der Waals surface area contributed by atoms with Crippen molar-refractivity contribution >= 4 is 11.9 Å². The molecule has 0 aliphatic heterocycles. The van der Waals surface area contributed by atoms with Gasteiger partial charge in [-0.25, -0.2) is 4.79 Å². The number of esters is 1. The number of phenols is 1. The monoisotopic (exact) mass is 406 g/mol. The smallest absolute Gasteiger partial charge is 0.335 e. The Labute approximate surface area is 167 Å². The maximum Gasteiger partial charge on any atom is 0.335 e. The number of carbonyl (C=O) groups excluding carboxylic acids is 1. The summed E-state index contributed by atoms with van der Waals surface area (Å²) < 4.78 is 20.9. The lowest BCUT2D eigenvalue weighted by Crippen LogP contribution is -2.35. The maximum absolute atomic E-state index is 12.5. The highest BCUT2D eigenvalue weighted by molar-refractivity contribution is 5.88. The van der Waals surface area contributed by atoms with Crippen LogP contribution in [-0.4, -0.2) is 61.3 Å². The molecule has 0 saturated heterocycles. The molecular weight excluding hydrogens is 384 g/mol. The SMILES string of the molecule is COC(=O)C(c1ccc(O)c(OC)c1)C(CO)Oc1ccc(C(=O)O)cc1OC. The van der Waals surface area contributed by atoms with Crippen molar-refractivity contribution in [1.29, 1.82) is 0 Å². The molecule has 156 valence electrons. The van der Waals surface area contributed by atoms with Gasteiger partial charge >= 0.3 is 11.9 Å². The van der Waals surface area contributed by atoms with Crippen molar-refractivity contribution in [2.24, 2.45) is 0 Å². The van der Waals surface area contributed by atoms with Gasteiger partial charge in [-0.05, 0) is 35.9 Å². The summed E-state index contributed by atoms with van der Waals surface area (Å²) >= 11 is 0. The van der Waals surface area contributed by atoms with Crippen LogP contribution in [0.4, 0.5) is 0 Å². The van der Waals surface area contributed by atoms with Crippen LogP contribution in [-0.2, 0) is 9.53 Å². The Balaban J connectivity index is 2.44. The number of phenolic OH excluding ortho intramolecular Hbond substituents is 1. The molecule has 0 spiro atoms. The molecule has 0 heterocycles. The van der Waals surface area contributed by atoms with E-state index in [9.17, 15) is 19.8 Å². The summed E-state index contributed by atoms with van der Waals surface area (Å²) in [5.74, 6) is -2.62. The van der Waals surface area contributed by atoms with Crippen molar-refractivity contribution in [3.05, 3.63) is 47.5 Å². The first-order valence-corrected chi connectivity index (χ1v) is 8.49. The molecule has 2 aromatic rings. The first kappa shape index (κ1) is 21.8. The van der Waals surface area contributed by atoms with E-state index >= 15 is 0 Å². The zero-order chi connectivity index (χ0) is 21.6. The number of aliphatic hydroxyl groups is 1. The Morgan fingerprint density at radius 2 is 1.66 bits per heavy atom. The zero-order valence-electron chi connectivity index (χ0n) is 16.1. The summed E-state index contributed by atoms with van der Waals surface area (Å²) in [5, 5.41) is 28.8. The van der Waals surface area contributed by atoms with Crippen LogP contribution in [0.1, 0.15) is 21.8 Å². The summed E-state index contributed by atoms with van der Waals surface area (Å²) in [5.41, 5.74) is 0.370. The minimum absolute atomic E-state index is 0.0115. The van der Waals surface area contributed by atoms with Gasteiger partial charge < -0.3 is 34.3 Å². The molecule has 0 aromatic heterocycles. The van der Waals surface area contributed by atoms with Gasteiger partial charge in [0.15, 0.2) is 23.0 Å². The standard InChI is InChI=1S/C20H22O9/c1-26-15-8-11(4-6-13(15)22)18(20(25)28-3)17(10-21)29-14-7-5-12(19(23)24)9-16(14)27-2/h4-9,17-18,21-22H,10H2,1-3H3,(H,23,24). The number of hydrogen-bond donors (Lipinski definition) is 3. The van der Waals surface area contributed by atoms with E-state index in [0.717, 1.165) is 0 Å². The normalized spacial score (nSPS) is 12.6. The Kier molecular flexibility index (Phi) is 7.27. The molecule has 0 amide bonds. The fraction of sp³-hybridized carbons (Fsp3) is 0.300. The highest BCUT2D eigenvalue weighted by atomic mass is 16.5. The van der Waals surface area contributed by atoms with Crippen molar-refractivity contribution in [3.8, 4) is 23.0 Å². The maximum atomic E-state index is 12.5. The quantitative estimate of drug-likeness (QED) is 0.533. The van der Waals surface area contributed by atoms with Gasteiger partial charge in [0.1, 0.15) is 12.0 Å². The summed E-state index contributed by atoms with van der Waals surface area (Å²) in [6, 6.07) is 8.22. The summed E-state index contributed by atoms with van der Waals surface area (Å²) in [6.07, 6.45) is -1.10. The average molecular weight is 406 g/mol. The number of carboxylic acids is 1. The molecule has 0 aliphatic rings. The van der Waals surface area contributed by atoms with Crippen LogP contribution in [0.25, 0.3) is 0 Å². The third-order valence-electron chi connectivity index (χ3n) is 4.26. The minimum Gasteiger partial charge on any atom is -0.504 e. The zero-order valence-corrected chi connectivity index (χ0v) is 16.1. The van der Waals surface area contributed by atoms with Gasteiger partial charge in [-0.1, -0.05) is 6.07 Å². The predicted molar refractivity (Wildman–Crippen MR) is 101 cm³/mol. The molecule has 0 saturated carbocycles.